The zero-order valence-electron chi connectivity index (χ0n) is 11.0. The number of carbonyl (C=O) groups excluding carboxylic acids is 1. The molecule has 0 spiro atoms. The summed E-state index contributed by atoms with van der Waals surface area (Å²) in [6.07, 6.45) is 0.406. The molecule has 0 heterocycles. The first-order chi connectivity index (χ1) is 9.60. The van der Waals surface area contributed by atoms with Crippen LogP contribution in [0.3, 0.4) is 0 Å². The monoisotopic (exact) mass is 292 g/mol. The fraction of sp³-hybridized carbons (Fsp3) is 0.188. The molecule has 1 atom stereocenters. The van der Waals surface area contributed by atoms with Crippen LogP contribution in [0.1, 0.15) is 17.0 Å². The van der Waals surface area contributed by atoms with Gasteiger partial charge < -0.3 is 4.74 Å². The van der Waals surface area contributed by atoms with Gasteiger partial charge in [-0.15, -0.1) is 0 Å². The van der Waals surface area contributed by atoms with Crippen LogP contribution in [-0.4, -0.2) is 12.4 Å². The summed E-state index contributed by atoms with van der Waals surface area (Å²) in [4.78, 5) is 11.6. The number of hydrogen-bond donors (Lipinski definition) is 0. The van der Waals surface area contributed by atoms with Crippen LogP contribution >= 0.6 is 11.6 Å². The Morgan fingerprint density at radius 3 is 2.65 bits per heavy atom. The first-order valence-electron chi connectivity index (χ1n) is 6.18. The topological polar surface area (TPSA) is 26.3 Å². The highest BCUT2D eigenvalue weighted by atomic mass is 35.5. The van der Waals surface area contributed by atoms with E-state index in [1.165, 1.54) is 12.1 Å². The Bertz CT molecular complexity index is 613. The van der Waals surface area contributed by atoms with E-state index >= 15 is 0 Å². The van der Waals surface area contributed by atoms with Crippen LogP contribution in [0.5, 0.6) is 5.75 Å². The molecule has 0 aliphatic heterocycles. The molecule has 0 fully saturated rings. The maximum absolute atomic E-state index is 13.3. The molecule has 2 rings (SSSR count). The molecule has 0 radical (unpaired) electrons. The van der Waals surface area contributed by atoms with Crippen molar-refractivity contribution in [2.45, 2.75) is 12.3 Å². The number of halogens is 2. The molecule has 104 valence electrons. The lowest BCUT2D eigenvalue weighted by atomic mass is 9.93. The fourth-order valence-electron chi connectivity index (χ4n) is 2.09. The van der Waals surface area contributed by atoms with Gasteiger partial charge in [-0.2, -0.15) is 0 Å². The van der Waals surface area contributed by atoms with Crippen molar-refractivity contribution >= 4 is 16.8 Å². The van der Waals surface area contributed by atoms with Crippen molar-refractivity contribution in [2.75, 3.05) is 7.11 Å². The van der Waals surface area contributed by atoms with Gasteiger partial charge in [0.2, 0.25) is 5.24 Å². The Morgan fingerprint density at radius 2 is 2.00 bits per heavy atom. The minimum Gasteiger partial charge on any atom is -0.497 e. The first-order valence-corrected chi connectivity index (χ1v) is 6.55. The van der Waals surface area contributed by atoms with Crippen molar-refractivity contribution in [3.05, 3.63) is 65.5 Å². The summed E-state index contributed by atoms with van der Waals surface area (Å²) >= 11 is 5.66. The molecule has 0 saturated heterocycles. The van der Waals surface area contributed by atoms with Crippen molar-refractivity contribution in [3.63, 3.8) is 0 Å². The third-order valence-electron chi connectivity index (χ3n) is 3.10. The molecule has 2 nitrogen and oxygen atoms in total. The van der Waals surface area contributed by atoms with Gasteiger partial charge in [0.15, 0.2) is 0 Å². The van der Waals surface area contributed by atoms with E-state index in [1.54, 1.807) is 19.2 Å². The van der Waals surface area contributed by atoms with E-state index in [0.29, 0.717) is 17.7 Å². The molecular formula is C16H14ClFO2. The molecule has 20 heavy (non-hydrogen) atoms. The van der Waals surface area contributed by atoms with Gasteiger partial charge in [-0.3, -0.25) is 4.79 Å². The summed E-state index contributed by atoms with van der Waals surface area (Å²) in [6, 6.07) is 13.3. The fourth-order valence-corrected chi connectivity index (χ4v) is 2.29. The number of methoxy groups -OCH3 is 1. The average Bonchev–Trinajstić information content (AvgIpc) is 2.44. The van der Waals surface area contributed by atoms with E-state index in [9.17, 15) is 9.18 Å². The molecular weight excluding hydrogens is 279 g/mol. The molecule has 0 aliphatic carbocycles. The van der Waals surface area contributed by atoms with Crippen LogP contribution in [0.4, 0.5) is 4.39 Å². The minimum absolute atomic E-state index is 0.379. The zero-order chi connectivity index (χ0) is 14.5. The van der Waals surface area contributed by atoms with Crippen LogP contribution in [0.2, 0.25) is 0 Å². The maximum Gasteiger partial charge on any atom is 0.229 e. The number of hydrogen-bond acceptors (Lipinski definition) is 2. The van der Waals surface area contributed by atoms with E-state index < -0.39 is 11.2 Å². The highest BCUT2D eigenvalue weighted by Crippen LogP contribution is 2.25. The van der Waals surface area contributed by atoms with Crippen LogP contribution < -0.4 is 4.74 Å². The van der Waals surface area contributed by atoms with Gasteiger partial charge in [-0.1, -0.05) is 24.3 Å². The summed E-state index contributed by atoms with van der Waals surface area (Å²) in [5.74, 6) is -0.238. The Morgan fingerprint density at radius 1 is 1.25 bits per heavy atom. The zero-order valence-corrected chi connectivity index (χ0v) is 11.7. The number of benzene rings is 2. The van der Waals surface area contributed by atoms with E-state index in [2.05, 4.69) is 0 Å². The molecule has 1 unspecified atom stereocenters. The summed E-state index contributed by atoms with van der Waals surface area (Å²) in [7, 11) is 1.58. The van der Waals surface area contributed by atoms with Gasteiger partial charge in [0.05, 0.1) is 13.0 Å². The maximum atomic E-state index is 13.3. The Balaban J connectivity index is 2.28. The molecule has 2 aromatic carbocycles. The van der Waals surface area contributed by atoms with E-state index in [1.807, 2.05) is 24.3 Å². The highest BCUT2D eigenvalue weighted by Gasteiger charge is 2.20. The highest BCUT2D eigenvalue weighted by molar-refractivity contribution is 6.64. The number of carbonyl (C=O) groups is 1. The molecule has 0 saturated carbocycles. The Labute approximate surface area is 122 Å². The molecule has 4 heteroatoms. The van der Waals surface area contributed by atoms with Gasteiger partial charge in [0.25, 0.3) is 0 Å². The lowest BCUT2D eigenvalue weighted by Gasteiger charge is -2.14. The molecule has 2 aromatic rings. The predicted molar refractivity (Wildman–Crippen MR) is 76.7 cm³/mol. The second-order valence-electron chi connectivity index (χ2n) is 4.47. The first kappa shape index (κ1) is 14.5. The molecule has 0 amide bonds. The minimum atomic E-state index is -0.570. The van der Waals surface area contributed by atoms with Gasteiger partial charge in [0, 0.05) is 0 Å². The summed E-state index contributed by atoms with van der Waals surface area (Å²) in [6.45, 7) is 0. The van der Waals surface area contributed by atoms with Crippen molar-refractivity contribution in [1.82, 2.24) is 0 Å². The molecule has 0 aromatic heterocycles. The van der Waals surface area contributed by atoms with Gasteiger partial charge in [-0.25, -0.2) is 4.39 Å². The van der Waals surface area contributed by atoms with Crippen LogP contribution in [0.25, 0.3) is 0 Å². The summed E-state index contributed by atoms with van der Waals surface area (Å²) in [5.41, 5.74) is 1.49. The van der Waals surface area contributed by atoms with Crippen molar-refractivity contribution < 1.29 is 13.9 Å². The van der Waals surface area contributed by atoms with Gasteiger partial charge in [-0.05, 0) is 53.4 Å². The van der Waals surface area contributed by atoms with Crippen molar-refractivity contribution in [3.8, 4) is 5.75 Å². The second-order valence-corrected chi connectivity index (χ2v) is 4.84. The summed E-state index contributed by atoms with van der Waals surface area (Å²) in [5, 5.41) is -0.501. The van der Waals surface area contributed by atoms with Crippen molar-refractivity contribution in [2.24, 2.45) is 0 Å². The Kier molecular flexibility index (Phi) is 4.74. The molecule has 0 bridgehead atoms. The van der Waals surface area contributed by atoms with Crippen LogP contribution in [0.15, 0.2) is 48.5 Å². The van der Waals surface area contributed by atoms with Gasteiger partial charge in [0.1, 0.15) is 11.6 Å². The SMILES string of the molecule is COc1cccc(CC(C(=O)Cl)c2cccc(F)c2)c1. The molecule has 0 N–H and O–H groups in total. The lowest BCUT2D eigenvalue weighted by Crippen LogP contribution is -2.10. The van der Waals surface area contributed by atoms with E-state index in [0.717, 1.165) is 5.56 Å². The molecule has 0 aliphatic rings. The normalized spacial score (nSPS) is 11.9. The average molecular weight is 293 g/mol. The van der Waals surface area contributed by atoms with Crippen molar-refractivity contribution in [1.29, 1.82) is 0 Å². The largest absolute Gasteiger partial charge is 0.497 e. The lowest BCUT2D eigenvalue weighted by molar-refractivity contribution is -0.113. The third kappa shape index (κ3) is 3.58. The Hall–Kier alpha value is -1.87. The summed E-state index contributed by atoms with van der Waals surface area (Å²) < 4.78 is 18.4. The third-order valence-corrected chi connectivity index (χ3v) is 3.36. The van der Waals surface area contributed by atoms with E-state index in [-0.39, 0.29) is 5.82 Å². The smallest absolute Gasteiger partial charge is 0.229 e. The van der Waals surface area contributed by atoms with Gasteiger partial charge >= 0.3 is 0 Å². The number of ether oxygens (including phenoxy) is 1. The van der Waals surface area contributed by atoms with E-state index in [4.69, 9.17) is 16.3 Å². The quantitative estimate of drug-likeness (QED) is 0.781. The second kappa shape index (κ2) is 6.53. The standard InChI is InChI=1S/C16H14ClFO2/c1-20-14-7-2-4-11(8-14)9-15(16(17)19)12-5-3-6-13(18)10-12/h2-8,10,15H,9H2,1H3. The predicted octanol–water partition coefficient (Wildman–Crippen LogP) is 3.93. The number of rotatable bonds is 5. The van der Waals surface area contributed by atoms with Crippen LogP contribution in [0, 0.1) is 5.82 Å². The van der Waals surface area contributed by atoms with Crippen LogP contribution in [-0.2, 0) is 11.2 Å².